The lowest BCUT2D eigenvalue weighted by Crippen LogP contribution is -2.51. The zero-order valence-corrected chi connectivity index (χ0v) is 30.7. The number of likely N-dealkylation sites (tertiary alicyclic amines) is 1. The average molecular weight is 745 g/mol. The predicted molar refractivity (Wildman–Crippen MR) is 193 cm³/mol. The van der Waals surface area contributed by atoms with Gasteiger partial charge < -0.3 is 14.8 Å². The van der Waals surface area contributed by atoms with Crippen LogP contribution < -0.4 is 14.9 Å². The first-order chi connectivity index (χ1) is 24.3. The van der Waals surface area contributed by atoms with Gasteiger partial charge in [0.15, 0.2) is 0 Å². The molecular formula is C34H43F3N10O2S2. The van der Waals surface area contributed by atoms with Crippen molar-refractivity contribution in [2.24, 2.45) is 5.41 Å². The van der Waals surface area contributed by atoms with Crippen LogP contribution in [-0.4, -0.2) is 116 Å². The van der Waals surface area contributed by atoms with Crippen LogP contribution in [0.2, 0.25) is 0 Å². The van der Waals surface area contributed by atoms with E-state index in [0.29, 0.717) is 60.4 Å². The molecule has 3 aromatic heterocycles. The van der Waals surface area contributed by atoms with E-state index in [-0.39, 0.29) is 10.3 Å². The molecule has 3 saturated heterocycles. The molecule has 274 valence electrons. The smallest absolute Gasteiger partial charge is 0.357 e. The second-order valence-electron chi connectivity index (χ2n) is 14.0. The van der Waals surface area contributed by atoms with Crippen molar-refractivity contribution in [2.45, 2.75) is 45.5 Å². The lowest BCUT2D eigenvalue weighted by Gasteiger charge is -2.33. The number of thiophene rings is 1. The summed E-state index contributed by atoms with van der Waals surface area (Å²) in [6, 6.07) is 10.3. The SMILES string of the molecule is CNc1nc(N2CCC3(CCN(Cc4ccc5c(cc(C#N)n5CCN5CCN(S(=O)(=O)NC)CC5)c4C)C3)C2)c2cc(CC(F)(F)F)sc2n1. The summed E-state index contributed by atoms with van der Waals surface area (Å²) in [5, 5.41) is 14.8. The van der Waals surface area contributed by atoms with E-state index in [9.17, 15) is 26.9 Å². The Morgan fingerprint density at radius 1 is 0.980 bits per heavy atom. The number of hydrogen-bond acceptors (Lipinski definition) is 10. The molecular weight excluding hydrogens is 702 g/mol. The van der Waals surface area contributed by atoms with Crippen LogP contribution in [0.15, 0.2) is 24.3 Å². The topological polar surface area (TPSA) is 126 Å². The molecule has 12 nitrogen and oxygen atoms in total. The molecule has 0 aliphatic carbocycles. The number of rotatable bonds is 10. The molecule has 6 heterocycles. The van der Waals surface area contributed by atoms with E-state index in [2.05, 4.69) is 59.4 Å². The molecule has 3 fully saturated rings. The Bertz CT molecular complexity index is 2090. The van der Waals surface area contributed by atoms with Crippen LogP contribution in [0.4, 0.5) is 24.9 Å². The minimum atomic E-state index is -4.28. The van der Waals surface area contributed by atoms with Gasteiger partial charge in [0.05, 0.1) is 11.8 Å². The maximum absolute atomic E-state index is 13.2. The molecule has 0 radical (unpaired) electrons. The molecule has 1 aromatic carbocycles. The van der Waals surface area contributed by atoms with Gasteiger partial charge in [0.1, 0.15) is 22.4 Å². The highest BCUT2D eigenvalue weighted by atomic mass is 32.2. The van der Waals surface area contributed by atoms with E-state index in [1.165, 1.54) is 16.9 Å². The van der Waals surface area contributed by atoms with Crippen molar-refractivity contribution in [3.63, 3.8) is 0 Å². The Morgan fingerprint density at radius 2 is 1.75 bits per heavy atom. The Morgan fingerprint density at radius 3 is 2.45 bits per heavy atom. The van der Waals surface area contributed by atoms with Crippen molar-refractivity contribution in [3.05, 3.63) is 46.0 Å². The number of nitrogens with one attached hydrogen (secondary N) is 2. The highest BCUT2D eigenvalue weighted by molar-refractivity contribution is 7.87. The number of hydrogen-bond donors (Lipinski definition) is 2. The number of aryl methyl sites for hydroxylation is 1. The number of anilines is 2. The van der Waals surface area contributed by atoms with Gasteiger partial charge in [-0.1, -0.05) is 6.07 Å². The predicted octanol–water partition coefficient (Wildman–Crippen LogP) is 4.16. The molecule has 7 rings (SSSR count). The van der Waals surface area contributed by atoms with E-state index in [1.807, 2.05) is 6.07 Å². The second kappa shape index (κ2) is 13.8. The van der Waals surface area contributed by atoms with Gasteiger partial charge in [-0.3, -0.25) is 9.80 Å². The van der Waals surface area contributed by atoms with Crippen molar-refractivity contribution in [3.8, 4) is 6.07 Å². The van der Waals surface area contributed by atoms with E-state index in [4.69, 9.17) is 4.98 Å². The fraction of sp³-hybridized carbons (Fsp3) is 0.559. The third-order valence-corrected chi connectivity index (χ3v) is 13.4. The largest absolute Gasteiger partial charge is 0.393 e. The average Bonchev–Trinajstić information content (AvgIpc) is 3.89. The fourth-order valence-corrected chi connectivity index (χ4v) is 9.99. The summed E-state index contributed by atoms with van der Waals surface area (Å²) in [5.74, 6) is 1.11. The quantitative estimate of drug-likeness (QED) is 0.247. The van der Waals surface area contributed by atoms with Crippen molar-refractivity contribution < 1.29 is 21.6 Å². The summed E-state index contributed by atoms with van der Waals surface area (Å²) >= 11 is 1.08. The lowest BCUT2D eigenvalue weighted by molar-refractivity contribution is -0.126. The van der Waals surface area contributed by atoms with Crippen molar-refractivity contribution >= 4 is 54.4 Å². The monoisotopic (exact) mass is 744 g/mol. The van der Waals surface area contributed by atoms with Crippen LogP contribution >= 0.6 is 11.3 Å². The molecule has 1 atom stereocenters. The number of alkyl halides is 3. The van der Waals surface area contributed by atoms with E-state index < -0.39 is 22.8 Å². The Labute approximate surface area is 300 Å². The molecule has 17 heteroatoms. The zero-order chi connectivity index (χ0) is 36.1. The standard InChI is InChI=1S/C34H43F3N10O2S2/c1-23-24(4-5-29-27(23)16-25(19-38)47(29)15-12-43-10-13-46(14-11-43)51(48,49)40-3)20-44-8-6-33(21-44)7-9-45(22-33)30-28-17-26(18-34(35,36)37)50-31(28)42-32(39-2)41-30/h4-5,16-17,40H,6-15,18,20-22H2,1-3H3,(H,39,41,42). The van der Waals surface area contributed by atoms with Gasteiger partial charge in [-0.2, -0.15) is 36.1 Å². The first-order valence-electron chi connectivity index (χ1n) is 17.3. The van der Waals surface area contributed by atoms with Crippen molar-refractivity contribution in [1.82, 2.24) is 33.4 Å². The molecule has 1 unspecified atom stereocenters. The van der Waals surface area contributed by atoms with E-state index in [1.54, 1.807) is 13.1 Å². The van der Waals surface area contributed by atoms with Gasteiger partial charge in [-0.25, -0.2) is 9.71 Å². The molecule has 51 heavy (non-hydrogen) atoms. The summed E-state index contributed by atoms with van der Waals surface area (Å²) in [6.07, 6.45) is -3.24. The third kappa shape index (κ3) is 7.26. The number of halogens is 3. The van der Waals surface area contributed by atoms with Gasteiger partial charge in [-0.05, 0) is 55.6 Å². The number of fused-ring (bicyclic) bond motifs is 2. The van der Waals surface area contributed by atoms with Crippen LogP contribution in [-0.2, 0) is 29.7 Å². The van der Waals surface area contributed by atoms with Gasteiger partial charge in [0.25, 0.3) is 10.2 Å². The van der Waals surface area contributed by atoms with E-state index in [0.717, 1.165) is 79.9 Å². The Kier molecular flexibility index (Phi) is 9.69. The minimum absolute atomic E-state index is 0.0694. The van der Waals surface area contributed by atoms with Crippen LogP contribution in [0.3, 0.4) is 0 Å². The summed E-state index contributed by atoms with van der Waals surface area (Å²) in [7, 11) is -0.281. The summed E-state index contributed by atoms with van der Waals surface area (Å²) in [4.78, 5) is 17.0. The van der Waals surface area contributed by atoms with Gasteiger partial charge in [-0.15, -0.1) is 11.3 Å². The maximum Gasteiger partial charge on any atom is 0.393 e. The normalized spacial score (nSPS) is 21.1. The number of nitriles is 1. The highest BCUT2D eigenvalue weighted by Gasteiger charge is 2.44. The second-order valence-corrected chi connectivity index (χ2v) is 17.0. The number of piperazine rings is 1. The number of benzene rings is 1. The molecule has 2 N–H and O–H groups in total. The summed E-state index contributed by atoms with van der Waals surface area (Å²) in [5.41, 5.74) is 4.10. The maximum atomic E-state index is 13.2. The van der Waals surface area contributed by atoms with Gasteiger partial charge >= 0.3 is 6.18 Å². The van der Waals surface area contributed by atoms with Crippen molar-refractivity contribution in [1.29, 1.82) is 5.26 Å². The molecule has 1 spiro atoms. The minimum Gasteiger partial charge on any atom is -0.357 e. The van der Waals surface area contributed by atoms with Gasteiger partial charge in [0, 0.05) is 101 Å². The van der Waals surface area contributed by atoms with E-state index >= 15 is 0 Å². The van der Waals surface area contributed by atoms with Crippen LogP contribution in [0.5, 0.6) is 0 Å². The molecule has 0 saturated carbocycles. The molecule has 4 aromatic rings. The van der Waals surface area contributed by atoms with Crippen LogP contribution in [0, 0.1) is 23.7 Å². The highest BCUT2D eigenvalue weighted by Crippen LogP contribution is 2.44. The first kappa shape index (κ1) is 35.9. The van der Waals surface area contributed by atoms with Crippen LogP contribution in [0.25, 0.3) is 21.1 Å². The Balaban J connectivity index is 1.02. The molecule has 3 aliphatic rings. The zero-order valence-electron chi connectivity index (χ0n) is 29.1. The molecule has 0 bridgehead atoms. The summed E-state index contributed by atoms with van der Waals surface area (Å²) in [6.45, 7) is 9.86. The number of aromatic nitrogens is 3. The molecule has 0 amide bonds. The lowest BCUT2D eigenvalue weighted by atomic mass is 9.86. The number of nitrogens with zero attached hydrogens (tertiary/aromatic N) is 8. The molecule has 3 aliphatic heterocycles. The van der Waals surface area contributed by atoms with Gasteiger partial charge in [0.2, 0.25) is 5.95 Å². The third-order valence-electron chi connectivity index (χ3n) is 10.8. The van der Waals surface area contributed by atoms with Crippen molar-refractivity contribution in [2.75, 3.05) is 83.2 Å². The fourth-order valence-electron chi connectivity index (χ4n) is 8.04. The Hall–Kier alpha value is -3.53. The first-order valence-corrected chi connectivity index (χ1v) is 19.5. The summed E-state index contributed by atoms with van der Waals surface area (Å²) < 4.78 is 69.8. The van der Waals surface area contributed by atoms with Crippen LogP contribution in [0.1, 0.15) is 34.5 Å².